The van der Waals surface area contributed by atoms with Crippen molar-refractivity contribution in [1.82, 2.24) is 19.9 Å². The van der Waals surface area contributed by atoms with E-state index in [4.69, 9.17) is 25.5 Å². The molecule has 2 heterocycles. The zero-order chi connectivity index (χ0) is 22.8. The van der Waals surface area contributed by atoms with E-state index in [9.17, 15) is 26.3 Å². The Bertz CT molecular complexity index is 783. The van der Waals surface area contributed by atoms with Gasteiger partial charge < -0.3 is 26.2 Å². The van der Waals surface area contributed by atoms with E-state index in [1.165, 1.54) is 0 Å². The monoisotopic (exact) mass is 434 g/mol. The van der Waals surface area contributed by atoms with Gasteiger partial charge in [0.1, 0.15) is 5.52 Å². The summed E-state index contributed by atoms with van der Waals surface area (Å²) in [4.78, 5) is 33.1. The SMILES string of the molecule is CCCCNc1nc(N)c2nc[nH]c2n1.O=C(O)C(F)(F)F.O=C(O)C(F)(F)F. The molecule has 0 bridgehead atoms. The number of aromatic nitrogens is 4. The van der Waals surface area contributed by atoms with Gasteiger partial charge in [-0.2, -0.15) is 36.3 Å². The lowest BCUT2D eigenvalue weighted by Crippen LogP contribution is -2.21. The van der Waals surface area contributed by atoms with Crippen molar-refractivity contribution in [3.05, 3.63) is 6.33 Å². The van der Waals surface area contributed by atoms with Crippen molar-refractivity contribution in [2.75, 3.05) is 17.6 Å². The minimum absolute atomic E-state index is 0.403. The van der Waals surface area contributed by atoms with Crippen molar-refractivity contribution in [2.45, 2.75) is 32.1 Å². The van der Waals surface area contributed by atoms with Crippen molar-refractivity contribution in [1.29, 1.82) is 0 Å². The maximum Gasteiger partial charge on any atom is 0.490 e. The Hall–Kier alpha value is -3.33. The van der Waals surface area contributed by atoms with Gasteiger partial charge in [0.05, 0.1) is 6.33 Å². The summed E-state index contributed by atoms with van der Waals surface area (Å²) in [5, 5.41) is 17.4. The number of anilines is 2. The smallest absolute Gasteiger partial charge is 0.475 e. The van der Waals surface area contributed by atoms with E-state index in [1.807, 2.05) is 0 Å². The highest BCUT2D eigenvalue weighted by molar-refractivity contribution is 5.82. The number of nitrogens with two attached hydrogens (primary N) is 1. The summed E-state index contributed by atoms with van der Waals surface area (Å²) in [6, 6.07) is 0. The van der Waals surface area contributed by atoms with Gasteiger partial charge in [-0.05, 0) is 6.42 Å². The molecule has 0 fully saturated rings. The van der Waals surface area contributed by atoms with Crippen molar-refractivity contribution in [2.24, 2.45) is 0 Å². The van der Waals surface area contributed by atoms with E-state index in [2.05, 4.69) is 32.2 Å². The summed E-state index contributed by atoms with van der Waals surface area (Å²) in [6.45, 7) is 2.99. The van der Waals surface area contributed by atoms with Gasteiger partial charge in [-0.3, -0.25) is 0 Å². The van der Waals surface area contributed by atoms with Crippen LogP contribution in [0.3, 0.4) is 0 Å². The van der Waals surface area contributed by atoms with Crippen LogP contribution >= 0.6 is 0 Å². The van der Waals surface area contributed by atoms with Crippen molar-refractivity contribution in [3.8, 4) is 0 Å². The van der Waals surface area contributed by atoms with Crippen LogP contribution in [0.15, 0.2) is 6.33 Å². The second-order valence-corrected chi connectivity index (χ2v) is 4.92. The van der Waals surface area contributed by atoms with Gasteiger partial charge in [-0.25, -0.2) is 14.6 Å². The number of carboxylic acid groups (broad SMARTS) is 2. The van der Waals surface area contributed by atoms with Crippen molar-refractivity contribution >= 4 is 34.9 Å². The number of carboxylic acids is 2. The molecular formula is C13H16F6N6O4. The number of fused-ring (bicyclic) bond motifs is 1. The number of hydrogen-bond donors (Lipinski definition) is 5. The second kappa shape index (κ2) is 10.9. The first-order chi connectivity index (χ1) is 13.2. The molecule has 0 spiro atoms. The summed E-state index contributed by atoms with van der Waals surface area (Å²) in [6.07, 6.45) is -6.38. The van der Waals surface area contributed by atoms with Gasteiger partial charge in [0.15, 0.2) is 11.5 Å². The van der Waals surface area contributed by atoms with Crippen LogP contribution in [0.2, 0.25) is 0 Å². The molecule has 0 aliphatic carbocycles. The lowest BCUT2D eigenvalue weighted by molar-refractivity contribution is -0.193. The highest BCUT2D eigenvalue weighted by Crippen LogP contribution is 2.15. The van der Waals surface area contributed by atoms with E-state index in [0.29, 0.717) is 22.9 Å². The Balaban J connectivity index is 0.000000473. The van der Waals surface area contributed by atoms with Crippen LogP contribution in [0.4, 0.5) is 38.1 Å². The van der Waals surface area contributed by atoms with Crippen LogP contribution in [0.1, 0.15) is 19.8 Å². The van der Waals surface area contributed by atoms with Crippen molar-refractivity contribution < 1.29 is 46.1 Å². The van der Waals surface area contributed by atoms with E-state index in [-0.39, 0.29) is 0 Å². The standard InChI is InChI=1S/C9H14N6.2C2HF3O2/c1-2-3-4-11-9-14-7(10)6-8(15-9)13-5-12-6;2*3-2(4,5)1(6)7/h5H,2-4H2,1H3,(H4,10,11,12,13,14,15);2*(H,6,7). The third-order valence-corrected chi connectivity index (χ3v) is 2.60. The first-order valence-electron chi connectivity index (χ1n) is 7.50. The fourth-order valence-corrected chi connectivity index (χ4v) is 1.31. The van der Waals surface area contributed by atoms with Crippen LogP contribution in [0.25, 0.3) is 11.2 Å². The number of aromatic amines is 1. The number of H-pyrrole nitrogens is 1. The zero-order valence-electron chi connectivity index (χ0n) is 14.6. The molecule has 0 atom stereocenters. The van der Waals surface area contributed by atoms with Crippen LogP contribution in [0.5, 0.6) is 0 Å². The predicted molar refractivity (Wildman–Crippen MR) is 86.9 cm³/mol. The van der Waals surface area contributed by atoms with Gasteiger partial charge in [-0.1, -0.05) is 13.3 Å². The number of rotatable bonds is 4. The Morgan fingerprint density at radius 3 is 2.00 bits per heavy atom. The van der Waals surface area contributed by atoms with E-state index in [1.54, 1.807) is 6.33 Å². The zero-order valence-corrected chi connectivity index (χ0v) is 14.6. The molecule has 2 rings (SSSR count). The van der Waals surface area contributed by atoms with Gasteiger partial charge in [0.25, 0.3) is 0 Å². The number of carbonyl (C=O) groups is 2. The van der Waals surface area contributed by atoms with Crippen LogP contribution in [-0.2, 0) is 9.59 Å². The maximum atomic E-state index is 10.6. The fraction of sp³-hybridized carbons (Fsp3) is 0.462. The Kier molecular flexibility index (Phi) is 9.62. The third-order valence-electron chi connectivity index (χ3n) is 2.60. The number of aliphatic carboxylic acids is 2. The molecule has 2 aromatic rings. The fourth-order valence-electron chi connectivity index (χ4n) is 1.31. The number of nitrogens with zero attached hydrogens (tertiary/aromatic N) is 3. The summed E-state index contributed by atoms with van der Waals surface area (Å²) in [5.74, 6) is -4.56. The molecule has 0 aromatic carbocycles. The summed E-state index contributed by atoms with van der Waals surface area (Å²) >= 11 is 0. The number of hydrogen-bond acceptors (Lipinski definition) is 7. The second-order valence-electron chi connectivity index (χ2n) is 4.92. The molecule has 0 aliphatic heterocycles. The molecule has 10 nitrogen and oxygen atoms in total. The molecule has 0 saturated carbocycles. The normalized spacial score (nSPS) is 11.0. The molecule has 0 radical (unpaired) electrons. The molecule has 2 aromatic heterocycles. The van der Waals surface area contributed by atoms with Crippen LogP contribution < -0.4 is 11.1 Å². The first-order valence-corrected chi connectivity index (χ1v) is 7.50. The molecule has 16 heteroatoms. The summed E-state index contributed by atoms with van der Waals surface area (Å²) in [7, 11) is 0. The minimum atomic E-state index is -5.08. The minimum Gasteiger partial charge on any atom is -0.475 e. The number of halogens is 6. The summed E-state index contributed by atoms with van der Waals surface area (Å²) in [5.41, 5.74) is 7.02. The van der Waals surface area contributed by atoms with E-state index >= 15 is 0 Å². The highest BCUT2D eigenvalue weighted by Gasteiger charge is 2.38. The average molecular weight is 434 g/mol. The van der Waals surface area contributed by atoms with Gasteiger partial charge >= 0.3 is 24.3 Å². The molecular weight excluding hydrogens is 418 g/mol. The number of imidazole rings is 1. The topological polar surface area (TPSA) is 167 Å². The highest BCUT2D eigenvalue weighted by atomic mass is 19.4. The third kappa shape index (κ3) is 9.96. The molecule has 0 amide bonds. The van der Waals surface area contributed by atoms with E-state index < -0.39 is 24.3 Å². The number of nitrogens with one attached hydrogen (secondary N) is 2. The maximum absolute atomic E-state index is 10.6. The molecule has 6 N–H and O–H groups in total. The molecule has 0 unspecified atom stereocenters. The first kappa shape index (κ1) is 25.7. The quantitative estimate of drug-likeness (QED) is 0.358. The van der Waals surface area contributed by atoms with Gasteiger partial charge in [0.2, 0.25) is 5.95 Å². The lowest BCUT2D eigenvalue weighted by atomic mass is 10.3. The Morgan fingerprint density at radius 1 is 1.10 bits per heavy atom. The molecule has 29 heavy (non-hydrogen) atoms. The van der Waals surface area contributed by atoms with Crippen molar-refractivity contribution in [3.63, 3.8) is 0 Å². The predicted octanol–water partition coefficient (Wildman–Crippen LogP) is 2.41. The molecule has 164 valence electrons. The Morgan fingerprint density at radius 2 is 1.59 bits per heavy atom. The largest absolute Gasteiger partial charge is 0.490 e. The molecule has 0 saturated heterocycles. The van der Waals surface area contributed by atoms with E-state index in [0.717, 1.165) is 19.4 Å². The number of alkyl halides is 6. The van der Waals surface area contributed by atoms with Gasteiger partial charge in [0, 0.05) is 6.54 Å². The van der Waals surface area contributed by atoms with Crippen LogP contribution in [-0.4, -0.2) is 61.0 Å². The van der Waals surface area contributed by atoms with Crippen LogP contribution in [0, 0.1) is 0 Å². The lowest BCUT2D eigenvalue weighted by Gasteiger charge is -2.03. The Labute approximate surface area is 158 Å². The number of nitrogen functional groups attached to an aromatic ring is 1. The molecule has 0 aliphatic rings. The summed E-state index contributed by atoms with van der Waals surface area (Å²) < 4.78 is 63.5. The number of unbranched alkanes of at least 4 members (excludes halogenated alkanes) is 1. The average Bonchev–Trinajstić information content (AvgIpc) is 3.03. The van der Waals surface area contributed by atoms with Gasteiger partial charge in [-0.15, -0.1) is 0 Å².